The summed E-state index contributed by atoms with van der Waals surface area (Å²) in [6, 6.07) is -1.16. The second-order valence-corrected chi connectivity index (χ2v) is 11.1. The molecule has 0 aromatic heterocycles. The quantitative estimate of drug-likeness (QED) is 0.445. The number of fused-ring (bicyclic) bond motifs is 1. The molecule has 9 nitrogen and oxygen atoms in total. The normalized spacial score (nSPS) is 36.7. The van der Waals surface area contributed by atoms with E-state index in [1.807, 2.05) is 6.92 Å². The number of carbonyl (C=O) groups is 3. The van der Waals surface area contributed by atoms with Gasteiger partial charge < -0.3 is 24.8 Å². The highest BCUT2D eigenvalue weighted by Crippen LogP contribution is 2.68. The number of ether oxygens (including phenoxy) is 2. The van der Waals surface area contributed by atoms with Crippen LogP contribution >= 0.6 is 11.8 Å². The number of amides is 2. The van der Waals surface area contributed by atoms with E-state index in [9.17, 15) is 19.5 Å². The number of nitrogens with zero attached hydrogens (tertiary/aromatic N) is 2. The smallest absolute Gasteiger partial charge is 0.310 e. The second-order valence-electron chi connectivity index (χ2n) is 9.54. The van der Waals surface area contributed by atoms with E-state index in [1.54, 1.807) is 23.6 Å². The van der Waals surface area contributed by atoms with Crippen molar-refractivity contribution in [1.29, 1.82) is 0 Å². The Labute approximate surface area is 199 Å². The fraction of sp³-hybridized carbons (Fsp3) is 0.870. The Bertz CT molecular complexity index is 758. The van der Waals surface area contributed by atoms with E-state index >= 15 is 0 Å². The highest BCUT2D eigenvalue weighted by atomic mass is 32.2. The molecule has 0 aliphatic carbocycles. The molecule has 4 saturated heterocycles. The topological polar surface area (TPSA) is 108 Å². The lowest BCUT2D eigenvalue weighted by molar-refractivity contribution is -0.154. The summed E-state index contributed by atoms with van der Waals surface area (Å²) in [5, 5.41) is 13.1. The number of morpholine rings is 1. The summed E-state index contributed by atoms with van der Waals surface area (Å²) in [5.74, 6) is -1.75. The average Bonchev–Trinajstić information content (AvgIpc) is 3.40. The number of rotatable bonds is 9. The molecule has 2 amide bonds. The predicted molar refractivity (Wildman–Crippen MR) is 124 cm³/mol. The fourth-order valence-corrected chi connectivity index (χ4v) is 8.73. The van der Waals surface area contributed by atoms with E-state index in [-0.39, 0.29) is 42.2 Å². The van der Waals surface area contributed by atoms with Gasteiger partial charge in [0.05, 0.1) is 49.1 Å². The van der Waals surface area contributed by atoms with Gasteiger partial charge in [-0.25, -0.2) is 0 Å². The fourth-order valence-electron chi connectivity index (χ4n) is 6.33. The maximum Gasteiger partial charge on any atom is 0.310 e. The number of esters is 1. The first-order valence-electron chi connectivity index (χ1n) is 12.3. The van der Waals surface area contributed by atoms with Gasteiger partial charge in [0, 0.05) is 31.4 Å². The van der Waals surface area contributed by atoms with Crippen LogP contribution in [0.5, 0.6) is 0 Å². The molecule has 4 rings (SSSR count). The molecule has 33 heavy (non-hydrogen) atoms. The van der Waals surface area contributed by atoms with Crippen LogP contribution in [0.2, 0.25) is 0 Å². The Morgan fingerprint density at radius 3 is 2.70 bits per heavy atom. The first-order valence-corrected chi connectivity index (χ1v) is 13.1. The minimum absolute atomic E-state index is 0.0204. The van der Waals surface area contributed by atoms with Crippen LogP contribution in [0, 0.1) is 17.8 Å². The van der Waals surface area contributed by atoms with Crippen molar-refractivity contribution in [1.82, 2.24) is 15.1 Å². The number of likely N-dealkylation sites (tertiary alicyclic amines) is 1. The van der Waals surface area contributed by atoms with Gasteiger partial charge in [-0.15, -0.1) is 11.8 Å². The summed E-state index contributed by atoms with van der Waals surface area (Å²) in [5.41, 5.74) is 0. The van der Waals surface area contributed by atoms with Gasteiger partial charge in [0.1, 0.15) is 6.04 Å². The maximum absolute atomic E-state index is 13.8. The van der Waals surface area contributed by atoms with Crippen molar-refractivity contribution < 1.29 is 29.0 Å². The molecule has 1 spiro atoms. The van der Waals surface area contributed by atoms with Gasteiger partial charge in [0.15, 0.2) is 0 Å². The molecule has 0 saturated carbocycles. The van der Waals surface area contributed by atoms with Crippen molar-refractivity contribution >= 4 is 29.5 Å². The van der Waals surface area contributed by atoms with Crippen molar-refractivity contribution in [2.24, 2.45) is 17.8 Å². The second kappa shape index (κ2) is 10.1. The van der Waals surface area contributed by atoms with Gasteiger partial charge in [0.25, 0.3) is 0 Å². The van der Waals surface area contributed by atoms with E-state index < -0.39 is 28.7 Å². The first-order chi connectivity index (χ1) is 15.9. The summed E-state index contributed by atoms with van der Waals surface area (Å²) in [6.07, 6.45) is 1.31. The molecule has 0 aromatic rings. The van der Waals surface area contributed by atoms with E-state index in [0.29, 0.717) is 26.2 Å². The minimum atomic E-state index is -0.707. The largest absolute Gasteiger partial charge is 0.466 e. The third kappa shape index (κ3) is 4.06. The lowest BCUT2D eigenvalue weighted by atomic mass is 9.66. The zero-order valence-corrected chi connectivity index (χ0v) is 20.6. The zero-order chi connectivity index (χ0) is 23.8. The van der Waals surface area contributed by atoms with Gasteiger partial charge in [-0.3, -0.25) is 19.3 Å². The van der Waals surface area contributed by atoms with Gasteiger partial charge in [0.2, 0.25) is 11.8 Å². The highest BCUT2D eigenvalue weighted by Gasteiger charge is 2.76. The molecule has 4 aliphatic rings. The number of hydrogen-bond donors (Lipinski definition) is 2. The van der Waals surface area contributed by atoms with Crippen LogP contribution in [0.4, 0.5) is 0 Å². The number of aliphatic hydroxyl groups is 1. The molecule has 3 unspecified atom stereocenters. The number of nitrogens with one attached hydrogen (secondary N) is 1. The zero-order valence-electron chi connectivity index (χ0n) is 19.8. The Hall–Kier alpha value is -1.36. The average molecular weight is 484 g/mol. The van der Waals surface area contributed by atoms with Gasteiger partial charge in [-0.05, 0) is 25.7 Å². The maximum atomic E-state index is 13.8. The summed E-state index contributed by atoms with van der Waals surface area (Å²) in [4.78, 5) is 44.3. The first kappa shape index (κ1) is 24.8. The summed E-state index contributed by atoms with van der Waals surface area (Å²) < 4.78 is 10.1. The van der Waals surface area contributed by atoms with E-state index in [1.165, 1.54) is 0 Å². The standard InChI is InChI=1S/C23H37N3O6S/c1-4-15(13-27)26-19(20(28)24-6-7-25-8-10-31-11-9-25)23-14(3)12-16(33-23)17(18(23)21(26)29)22(30)32-5-2/h14-19,27H,4-13H2,1-3H3,(H,24,28)/t14?,15-,16+,17-,18-,19?,23?/m0/s1. The monoisotopic (exact) mass is 483 g/mol. The molecular weight excluding hydrogens is 446 g/mol. The Morgan fingerprint density at radius 2 is 2.06 bits per heavy atom. The molecule has 7 atom stereocenters. The molecule has 4 aliphatic heterocycles. The number of hydrogen-bond acceptors (Lipinski definition) is 8. The van der Waals surface area contributed by atoms with Crippen LogP contribution in [0.15, 0.2) is 0 Å². The van der Waals surface area contributed by atoms with Crippen molar-refractivity contribution in [3.63, 3.8) is 0 Å². The molecule has 2 N–H and O–H groups in total. The van der Waals surface area contributed by atoms with Crippen LogP contribution in [0.25, 0.3) is 0 Å². The van der Waals surface area contributed by atoms with Crippen LogP contribution in [-0.2, 0) is 23.9 Å². The molecule has 0 radical (unpaired) electrons. The Morgan fingerprint density at radius 1 is 1.33 bits per heavy atom. The summed E-state index contributed by atoms with van der Waals surface area (Å²) >= 11 is 1.63. The van der Waals surface area contributed by atoms with Crippen LogP contribution < -0.4 is 5.32 Å². The van der Waals surface area contributed by atoms with E-state index in [4.69, 9.17) is 9.47 Å². The lowest BCUT2D eigenvalue weighted by Crippen LogP contribution is -2.59. The highest BCUT2D eigenvalue weighted by molar-refractivity contribution is 8.02. The lowest BCUT2D eigenvalue weighted by Gasteiger charge is -2.40. The number of aliphatic hydroxyl groups excluding tert-OH is 1. The molecule has 186 valence electrons. The number of thioether (sulfide) groups is 1. The third-order valence-corrected chi connectivity index (χ3v) is 9.97. The SMILES string of the molecule is CCOC(=O)[C@@H]1[C@H]2C(=O)N([C@@H](CC)CO)C(C(=O)NCCN3CCOCC3)C23S[C@@H]1CC3C. The van der Waals surface area contributed by atoms with E-state index in [0.717, 1.165) is 26.1 Å². The summed E-state index contributed by atoms with van der Waals surface area (Å²) in [7, 11) is 0. The molecule has 0 aromatic carbocycles. The Balaban J connectivity index is 1.60. The van der Waals surface area contributed by atoms with Crippen LogP contribution in [0.1, 0.15) is 33.6 Å². The van der Waals surface area contributed by atoms with Crippen molar-refractivity contribution in [2.75, 3.05) is 52.6 Å². The summed E-state index contributed by atoms with van der Waals surface area (Å²) in [6.45, 7) is 10.1. The molecule has 4 heterocycles. The van der Waals surface area contributed by atoms with E-state index in [2.05, 4.69) is 17.1 Å². The molecule has 10 heteroatoms. The van der Waals surface area contributed by atoms with Crippen LogP contribution in [-0.4, -0.2) is 107 Å². The van der Waals surface area contributed by atoms with Crippen molar-refractivity contribution in [3.8, 4) is 0 Å². The molecule has 4 fully saturated rings. The number of carbonyl (C=O) groups excluding carboxylic acids is 3. The molecular formula is C23H37N3O6S. The minimum Gasteiger partial charge on any atom is -0.466 e. The van der Waals surface area contributed by atoms with Crippen molar-refractivity contribution in [3.05, 3.63) is 0 Å². The van der Waals surface area contributed by atoms with Crippen LogP contribution in [0.3, 0.4) is 0 Å². The third-order valence-electron chi connectivity index (χ3n) is 7.90. The van der Waals surface area contributed by atoms with Gasteiger partial charge in [-0.1, -0.05) is 13.8 Å². The van der Waals surface area contributed by atoms with Crippen molar-refractivity contribution in [2.45, 2.75) is 55.7 Å². The van der Waals surface area contributed by atoms with Gasteiger partial charge >= 0.3 is 5.97 Å². The predicted octanol–water partition coefficient (Wildman–Crippen LogP) is 0.106. The molecule has 2 bridgehead atoms. The Kier molecular flexibility index (Phi) is 7.57. The van der Waals surface area contributed by atoms with Gasteiger partial charge in [-0.2, -0.15) is 0 Å².